The molecule has 1 spiro atoms. The van der Waals surface area contributed by atoms with E-state index in [1.54, 1.807) is 17.9 Å². The molecule has 4 saturated heterocycles. The molecule has 0 aromatic heterocycles. The van der Waals surface area contributed by atoms with E-state index < -0.39 is 30.0 Å². The van der Waals surface area contributed by atoms with Crippen LogP contribution in [-0.4, -0.2) is 119 Å². The summed E-state index contributed by atoms with van der Waals surface area (Å²) in [4.78, 5) is 50.6. The normalized spacial score (nSPS) is 32.2. The number of allylic oxidation sites excluding steroid dienone is 2. The molecule has 0 bridgehead atoms. The number of likely N-dealkylation sites (tertiary alicyclic amines) is 1. The number of hydrogen-bond donors (Lipinski definition) is 4. The lowest BCUT2D eigenvalue weighted by Gasteiger charge is -2.39. The molecular formula is C36H55IN4O9. The van der Waals surface area contributed by atoms with E-state index in [0.717, 1.165) is 31.3 Å². The summed E-state index contributed by atoms with van der Waals surface area (Å²) in [5, 5.41) is 19.5. The Kier molecular flexibility index (Phi) is 15.6. The smallest absolute Gasteiger partial charge is 0.410 e. The highest BCUT2D eigenvalue weighted by Gasteiger charge is 2.58. The van der Waals surface area contributed by atoms with Crippen LogP contribution in [0.2, 0.25) is 0 Å². The van der Waals surface area contributed by atoms with Gasteiger partial charge in [-0.3, -0.25) is 14.4 Å². The van der Waals surface area contributed by atoms with Crippen molar-refractivity contribution in [2.75, 3.05) is 37.2 Å². The molecule has 4 amide bonds. The summed E-state index contributed by atoms with van der Waals surface area (Å²) in [6.45, 7) is 10.4. The molecule has 0 unspecified atom stereocenters. The molecule has 0 saturated carbocycles. The van der Waals surface area contributed by atoms with Crippen molar-refractivity contribution in [1.29, 1.82) is 0 Å². The molecule has 0 aromatic carbocycles. The Bertz CT molecular complexity index is 1270. The molecule has 0 radical (unpaired) electrons. The molecule has 14 heteroatoms. The van der Waals surface area contributed by atoms with E-state index in [4.69, 9.17) is 18.9 Å². The maximum atomic E-state index is 12.7. The number of hydrogen-bond acceptors (Lipinski definition) is 9. The Morgan fingerprint density at radius 1 is 1.06 bits per heavy atom. The van der Waals surface area contributed by atoms with Gasteiger partial charge in [0.2, 0.25) is 17.7 Å². The third kappa shape index (κ3) is 12.3. The fourth-order valence-electron chi connectivity index (χ4n) is 6.67. The van der Waals surface area contributed by atoms with Gasteiger partial charge in [-0.25, -0.2) is 4.79 Å². The second kappa shape index (κ2) is 19.3. The van der Waals surface area contributed by atoms with E-state index in [9.17, 15) is 24.3 Å². The van der Waals surface area contributed by atoms with Crippen molar-refractivity contribution in [2.24, 2.45) is 5.92 Å². The van der Waals surface area contributed by atoms with Crippen LogP contribution in [0.4, 0.5) is 4.79 Å². The fourth-order valence-corrected chi connectivity index (χ4v) is 6.93. The Hall–Kier alpha value is -2.53. The fraction of sp³-hybridized carbons (Fsp3) is 0.722. The molecule has 280 valence electrons. The average molecular weight is 815 g/mol. The van der Waals surface area contributed by atoms with Gasteiger partial charge in [0.1, 0.15) is 23.9 Å². The second-order valence-electron chi connectivity index (χ2n) is 14.0. The third-order valence-electron chi connectivity index (χ3n) is 9.78. The molecule has 4 fully saturated rings. The number of rotatable bonds is 14. The van der Waals surface area contributed by atoms with E-state index in [1.165, 1.54) is 6.08 Å². The highest BCUT2D eigenvalue weighted by molar-refractivity contribution is 14.1. The zero-order chi connectivity index (χ0) is 36.3. The maximum absolute atomic E-state index is 12.7. The molecule has 4 heterocycles. The molecule has 0 aromatic rings. The summed E-state index contributed by atoms with van der Waals surface area (Å²) in [7, 11) is 0. The highest BCUT2D eigenvalue weighted by Crippen LogP contribution is 2.43. The standard InChI is InChI=1S/C36H55IN4O9/c1-23(9-12-30-34(45)36(22-47-36)20-27(50-30)19-32(43)38-14-15-39-33(44)21-37)8-11-29-24(2)18-28(26(4)49-29)40-31(42)13-10-25(3)48-35(46)41-16-6-5-7-17-41/h8-10,12-13,24-30,34,45H,5-7,11,14-22H2,1-4H3,(H,38,43)(H,39,44)(H,40,42)/b12-9+,13-10-,23-8+/t24-,25-,26+,27+,28+,29-,30+,34+,36+/m0/s1. The van der Waals surface area contributed by atoms with Gasteiger partial charge in [-0.1, -0.05) is 53.3 Å². The molecule has 9 atom stereocenters. The second-order valence-corrected chi connectivity index (χ2v) is 14.8. The summed E-state index contributed by atoms with van der Waals surface area (Å²) in [5.41, 5.74) is 0.296. The first-order chi connectivity index (χ1) is 23.9. The number of nitrogens with one attached hydrogen (secondary N) is 3. The highest BCUT2D eigenvalue weighted by atomic mass is 127. The lowest BCUT2D eigenvalue weighted by molar-refractivity contribution is -0.145. The van der Waals surface area contributed by atoms with Crippen molar-refractivity contribution in [3.05, 3.63) is 36.0 Å². The number of ether oxygens (including phenoxy) is 4. The van der Waals surface area contributed by atoms with Crippen LogP contribution in [-0.2, 0) is 33.3 Å². The number of aliphatic hydroxyl groups is 1. The monoisotopic (exact) mass is 814 g/mol. The Morgan fingerprint density at radius 3 is 2.44 bits per heavy atom. The molecule has 13 nitrogen and oxygen atoms in total. The number of alkyl halides is 1. The van der Waals surface area contributed by atoms with Crippen molar-refractivity contribution in [1.82, 2.24) is 20.9 Å². The first-order valence-electron chi connectivity index (χ1n) is 17.9. The number of halogens is 1. The van der Waals surface area contributed by atoms with Crippen molar-refractivity contribution in [3.8, 4) is 0 Å². The molecular weight excluding hydrogens is 759 g/mol. The molecule has 4 rings (SSSR count). The van der Waals surface area contributed by atoms with Crippen LogP contribution in [0.5, 0.6) is 0 Å². The predicted molar refractivity (Wildman–Crippen MR) is 196 cm³/mol. The van der Waals surface area contributed by atoms with Gasteiger partial charge in [0.15, 0.2) is 0 Å². The Labute approximate surface area is 309 Å². The van der Waals surface area contributed by atoms with Crippen LogP contribution in [0.3, 0.4) is 0 Å². The van der Waals surface area contributed by atoms with Crippen LogP contribution >= 0.6 is 22.6 Å². The first kappa shape index (κ1) is 40.2. The molecule has 4 N–H and O–H groups in total. The van der Waals surface area contributed by atoms with Gasteiger partial charge in [0, 0.05) is 38.7 Å². The predicted octanol–water partition coefficient (Wildman–Crippen LogP) is 3.09. The van der Waals surface area contributed by atoms with Crippen LogP contribution in [0.25, 0.3) is 0 Å². The van der Waals surface area contributed by atoms with E-state index in [-0.39, 0.29) is 54.4 Å². The SMILES string of the molecule is CC(/C=C/[C@H]1O[C@H](CC(=O)NCCNC(=O)CI)C[C@@]2(CO2)[C@@H]1O)=C\C[C@@H]1O[C@H](C)[C@H](NC(=O)/C=C\[C@H](C)OC(=O)N2CCCCC2)C[C@@H]1C. The number of carbonyl (C=O) groups excluding carboxylic acids is 4. The minimum absolute atomic E-state index is 0.0243. The third-order valence-corrected chi connectivity index (χ3v) is 10.5. The van der Waals surface area contributed by atoms with Gasteiger partial charge in [-0.15, -0.1) is 0 Å². The van der Waals surface area contributed by atoms with Gasteiger partial charge in [-0.05, 0) is 64.9 Å². The summed E-state index contributed by atoms with van der Waals surface area (Å²) < 4.78 is 24.0. The van der Waals surface area contributed by atoms with E-state index >= 15 is 0 Å². The van der Waals surface area contributed by atoms with E-state index in [0.29, 0.717) is 50.1 Å². The summed E-state index contributed by atoms with van der Waals surface area (Å²) in [5.74, 6) is -0.309. The molecule has 4 aliphatic heterocycles. The summed E-state index contributed by atoms with van der Waals surface area (Å²) in [6.07, 6.45) is 11.1. The van der Waals surface area contributed by atoms with Crippen molar-refractivity contribution in [3.63, 3.8) is 0 Å². The molecule has 4 aliphatic rings. The Morgan fingerprint density at radius 2 is 1.76 bits per heavy atom. The van der Waals surface area contributed by atoms with Gasteiger partial charge in [-0.2, -0.15) is 0 Å². The maximum Gasteiger partial charge on any atom is 0.410 e. The number of nitrogens with zero attached hydrogens (tertiary/aromatic N) is 1. The zero-order valence-electron chi connectivity index (χ0n) is 29.7. The summed E-state index contributed by atoms with van der Waals surface area (Å²) >= 11 is 1.98. The quantitative estimate of drug-likeness (QED) is 0.0515. The average Bonchev–Trinajstić information content (AvgIpc) is 3.87. The van der Waals surface area contributed by atoms with Crippen molar-refractivity contribution >= 4 is 46.4 Å². The van der Waals surface area contributed by atoms with Crippen LogP contribution in [0.15, 0.2) is 36.0 Å². The number of carbonyl (C=O) groups is 4. The van der Waals surface area contributed by atoms with Crippen LogP contribution in [0, 0.1) is 5.92 Å². The topological polar surface area (TPSA) is 168 Å². The summed E-state index contributed by atoms with van der Waals surface area (Å²) in [6, 6.07) is -0.145. The number of epoxide rings is 1. The minimum atomic E-state index is -0.836. The van der Waals surface area contributed by atoms with Gasteiger partial charge >= 0.3 is 6.09 Å². The van der Waals surface area contributed by atoms with Gasteiger partial charge in [0.25, 0.3) is 0 Å². The zero-order valence-corrected chi connectivity index (χ0v) is 31.9. The number of amides is 4. The van der Waals surface area contributed by atoms with E-state index in [2.05, 4.69) is 29.0 Å². The van der Waals surface area contributed by atoms with Crippen LogP contribution in [0.1, 0.15) is 72.6 Å². The number of piperidine rings is 1. The van der Waals surface area contributed by atoms with Crippen molar-refractivity contribution < 1.29 is 43.2 Å². The van der Waals surface area contributed by atoms with Gasteiger partial charge < -0.3 is 44.9 Å². The minimum Gasteiger partial charge on any atom is -0.442 e. The Balaban J connectivity index is 1.20. The largest absolute Gasteiger partial charge is 0.442 e. The van der Waals surface area contributed by atoms with Crippen LogP contribution < -0.4 is 16.0 Å². The van der Waals surface area contributed by atoms with E-state index in [1.807, 2.05) is 48.6 Å². The first-order valence-corrected chi connectivity index (χ1v) is 19.4. The van der Waals surface area contributed by atoms with Gasteiger partial charge in [0.05, 0.1) is 41.8 Å². The molecule has 0 aliphatic carbocycles. The lowest BCUT2D eigenvalue weighted by atomic mass is 9.87. The lowest BCUT2D eigenvalue weighted by Crippen LogP contribution is -2.51. The molecule has 50 heavy (non-hydrogen) atoms. The number of aliphatic hydroxyl groups excluding tert-OH is 1. The van der Waals surface area contributed by atoms with Crippen molar-refractivity contribution in [2.45, 2.75) is 121 Å².